The van der Waals surface area contributed by atoms with Gasteiger partial charge in [-0.05, 0) is 103 Å². The van der Waals surface area contributed by atoms with Gasteiger partial charge in [-0.15, -0.1) is 0 Å². The third kappa shape index (κ3) is 2.19. The van der Waals surface area contributed by atoms with Gasteiger partial charge >= 0.3 is 0 Å². The normalized spacial score (nSPS) is 40.9. The zero-order chi connectivity index (χ0) is 18.2. The van der Waals surface area contributed by atoms with Crippen molar-refractivity contribution < 1.29 is 4.74 Å². The van der Waals surface area contributed by atoms with E-state index in [0.717, 1.165) is 17.8 Å². The van der Waals surface area contributed by atoms with E-state index >= 15 is 0 Å². The number of rotatable bonds is 2. The Bertz CT molecular complexity index is 788. The van der Waals surface area contributed by atoms with Crippen LogP contribution in [0.1, 0.15) is 81.0 Å². The number of methoxy groups -OCH3 is 1. The quantitative estimate of drug-likeness (QED) is 0.609. The number of allylic oxidation sites excluding steroid dienone is 2. The maximum atomic E-state index is 5.92. The highest BCUT2D eigenvalue weighted by atomic mass is 16.5. The summed E-state index contributed by atoms with van der Waals surface area (Å²) in [5.41, 5.74) is 10.1. The van der Waals surface area contributed by atoms with E-state index in [1.165, 1.54) is 44.1 Å². The van der Waals surface area contributed by atoms with Crippen molar-refractivity contribution in [2.75, 3.05) is 7.11 Å². The summed E-state index contributed by atoms with van der Waals surface area (Å²) in [6.45, 7) is 9.54. The van der Waals surface area contributed by atoms with Crippen LogP contribution < -0.4 is 0 Å². The fourth-order valence-electron chi connectivity index (χ4n) is 7.30. The minimum absolute atomic E-state index is 0.422. The van der Waals surface area contributed by atoms with E-state index in [1.807, 2.05) is 7.11 Å². The van der Waals surface area contributed by atoms with Crippen molar-refractivity contribution in [2.24, 2.45) is 23.2 Å². The molecule has 0 saturated heterocycles. The largest absolute Gasteiger partial charge is 0.381 e. The molecule has 26 heavy (non-hydrogen) atoms. The summed E-state index contributed by atoms with van der Waals surface area (Å²) in [4.78, 5) is 0. The van der Waals surface area contributed by atoms with Crippen molar-refractivity contribution in [1.82, 2.24) is 0 Å². The minimum Gasteiger partial charge on any atom is -0.381 e. The fourth-order valence-corrected chi connectivity index (χ4v) is 7.30. The van der Waals surface area contributed by atoms with Gasteiger partial charge in [-0.3, -0.25) is 0 Å². The second kappa shape index (κ2) is 5.71. The third-order valence-electron chi connectivity index (χ3n) is 8.98. The molecule has 4 aliphatic rings. The molecule has 1 unspecified atom stereocenters. The number of hydrogen-bond acceptors (Lipinski definition) is 1. The standard InChI is InChI=1S/C25H34O/c1-14-12-17-6-7-19-18(21(17)13-20(14)24-15(2)16(24)3)10-11-25(4)22(19)8-9-23(25)26-5/h12-13,15,18-19,22-23H,6-11H2,1-5H3/t15?,18-,19+,22-,23-,25-/m0/s1. The summed E-state index contributed by atoms with van der Waals surface area (Å²) in [7, 11) is 1.93. The first-order valence-electron chi connectivity index (χ1n) is 10.8. The first-order valence-corrected chi connectivity index (χ1v) is 10.8. The topological polar surface area (TPSA) is 9.23 Å². The van der Waals surface area contributed by atoms with Gasteiger partial charge in [0.25, 0.3) is 0 Å². The molecule has 0 spiro atoms. The molecule has 140 valence electrons. The van der Waals surface area contributed by atoms with Crippen molar-refractivity contribution in [3.05, 3.63) is 40.0 Å². The second-order valence-corrected chi connectivity index (χ2v) is 9.95. The van der Waals surface area contributed by atoms with Crippen LogP contribution in [0, 0.1) is 30.1 Å². The Labute approximate surface area is 159 Å². The molecule has 6 atom stereocenters. The monoisotopic (exact) mass is 350 g/mol. The molecule has 0 radical (unpaired) electrons. The van der Waals surface area contributed by atoms with Crippen molar-refractivity contribution in [3.8, 4) is 0 Å². The van der Waals surface area contributed by atoms with Crippen LogP contribution in [-0.2, 0) is 11.2 Å². The summed E-state index contributed by atoms with van der Waals surface area (Å²) in [6.07, 6.45) is 8.53. The highest BCUT2D eigenvalue weighted by molar-refractivity contribution is 5.86. The smallest absolute Gasteiger partial charge is 0.0627 e. The summed E-state index contributed by atoms with van der Waals surface area (Å²) in [5, 5.41) is 0. The maximum Gasteiger partial charge on any atom is 0.0627 e. The lowest BCUT2D eigenvalue weighted by molar-refractivity contribution is -0.0444. The van der Waals surface area contributed by atoms with E-state index in [9.17, 15) is 0 Å². The van der Waals surface area contributed by atoms with Gasteiger partial charge in [-0.1, -0.05) is 31.6 Å². The zero-order valence-electron chi connectivity index (χ0n) is 17.2. The molecule has 2 saturated carbocycles. The molecule has 0 amide bonds. The SMILES string of the molecule is CO[C@H]1CC[C@H]2[C@@H]3CCc4cc(C)c(C5=C(C)C5C)cc4[C@H]3CC[C@]12C. The van der Waals surface area contributed by atoms with Gasteiger partial charge in [-0.2, -0.15) is 0 Å². The van der Waals surface area contributed by atoms with Crippen molar-refractivity contribution in [3.63, 3.8) is 0 Å². The predicted octanol–water partition coefficient (Wildman–Crippen LogP) is 6.29. The summed E-state index contributed by atoms with van der Waals surface area (Å²) in [6, 6.07) is 5.15. The number of fused-ring (bicyclic) bond motifs is 5. The van der Waals surface area contributed by atoms with E-state index in [0.29, 0.717) is 17.4 Å². The Kier molecular flexibility index (Phi) is 3.74. The number of hydrogen-bond donors (Lipinski definition) is 0. The Morgan fingerprint density at radius 1 is 1.08 bits per heavy atom. The molecular weight excluding hydrogens is 316 g/mol. The van der Waals surface area contributed by atoms with Crippen LogP contribution >= 0.6 is 0 Å². The highest BCUT2D eigenvalue weighted by Gasteiger charge is 2.55. The number of aryl methyl sites for hydroxylation is 2. The molecule has 1 heteroatoms. The second-order valence-electron chi connectivity index (χ2n) is 9.95. The lowest BCUT2D eigenvalue weighted by Gasteiger charge is -2.50. The molecule has 1 nitrogen and oxygen atoms in total. The predicted molar refractivity (Wildman–Crippen MR) is 108 cm³/mol. The van der Waals surface area contributed by atoms with Crippen molar-refractivity contribution in [2.45, 2.75) is 78.2 Å². The van der Waals surface area contributed by atoms with Crippen molar-refractivity contribution >= 4 is 5.57 Å². The molecule has 0 N–H and O–H groups in total. The number of ether oxygens (including phenoxy) is 1. The van der Waals surface area contributed by atoms with E-state index in [-0.39, 0.29) is 0 Å². The molecule has 5 rings (SSSR count). The van der Waals surface area contributed by atoms with Crippen LogP contribution in [0.15, 0.2) is 17.7 Å². The van der Waals surface area contributed by atoms with Gasteiger partial charge < -0.3 is 4.74 Å². The molecule has 2 fully saturated rings. The number of benzene rings is 1. The van der Waals surface area contributed by atoms with Crippen LogP contribution in [0.3, 0.4) is 0 Å². The maximum absolute atomic E-state index is 5.92. The molecule has 0 heterocycles. The average Bonchev–Trinajstić information content (AvgIpc) is 3.06. The average molecular weight is 351 g/mol. The molecule has 0 aliphatic heterocycles. The van der Waals surface area contributed by atoms with Crippen LogP contribution in [0.5, 0.6) is 0 Å². The minimum atomic E-state index is 0.422. The zero-order valence-corrected chi connectivity index (χ0v) is 17.2. The van der Waals surface area contributed by atoms with Gasteiger partial charge in [-0.25, -0.2) is 0 Å². The van der Waals surface area contributed by atoms with Gasteiger partial charge in [0.05, 0.1) is 6.10 Å². The van der Waals surface area contributed by atoms with Crippen LogP contribution in [0.25, 0.3) is 5.57 Å². The fraction of sp³-hybridized carbons (Fsp3) is 0.680. The molecule has 4 aliphatic carbocycles. The molecule has 0 bridgehead atoms. The lowest BCUT2D eigenvalue weighted by atomic mass is 9.55. The van der Waals surface area contributed by atoms with E-state index in [2.05, 4.69) is 39.8 Å². The van der Waals surface area contributed by atoms with Crippen LogP contribution in [0.2, 0.25) is 0 Å². The van der Waals surface area contributed by atoms with E-state index in [1.54, 1.807) is 27.8 Å². The van der Waals surface area contributed by atoms with E-state index in [4.69, 9.17) is 4.74 Å². The molecule has 0 aromatic heterocycles. The van der Waals surface area contributed by atoms with E-state index < -0.39 is 0 Å². The summed E-state index contributed by atoms with van der Waals surface area (Å²) < 4.78 is 5.92. The molecule has 1 aromatic rings. The van der Waals surface area contributed by atoms with Gasteiger partial charge in [0, 0.05) is 13.0 Å². The lowest BCUT2D eigenvalue weighted by Crippen LogP contribution is -2.44. The molecule has 1 aromatic carbocycles. The first kappa shape index (κ1) is 17.0. The summed E-state index contributed by atoms with van der Waals surface area (Å²) in [5.74, 6) is 3.24. The molecular formula is C25H34O. The Balaban J connectivity index is 1.52. The van der Waals surface area contributed by atoms with Gasteiger partial charge in [0.2, 0.25) is 0 Å². The Morgan fingerprint density at radius 2 is 1.85 bits per heavy atom. The van der Waals surface area contributed by atoms with Crippen molar-refractivity contribution in [1.29, 1.82) is 0 Å². The van der Waals surface area contributed by atoms with Crippen LogP contribution in [-0.4, -0.2) is 13.2 Å². The third-order valence-corrected chi connectivity index (χ3v) is 8.98. The van der Waals surface area contributed by atoms with Gasteiger partial charge in [0.15, 0.2) is 0 Å². The Morgan fingerprint density at radius 3 is 2.54 bits per heavy atom. The van der Waals surface area contributed by atoms with Gasteiger partial charge in [0.1, 0.15) is 0 Å². The highest BCUT2D eigenvalue weighted by Crippen LogP contribution is 2.62. The van der Waals surface area contributed by atoms with Crippen LogP contribution in [0.4, 0.5) is 0 Å². The Hall–Kier alpha value is -1.08. The summed E-state index contributed by atoms with van der Waals surface area (Å²) >= 11 is 0. The first-order chi connectivity index (χ1) is 12.5.